The third-order valence-corrected chi connectivity index (χ3v) is 6.70. The molecule has 2 atom stereocenters. The average molecular weight is 541 g/mol. The maximum absolute atomic E-state index is 13.3. The van der Waals surface area contributed by atoms with Crippen LogP contribution in [0.3, 0.4) is 0 Å². The summed E-state index contributed by atoms with van der Waals surface area (Å²) in [7, 11) is 1.64. The summed E-state index contributed by atoms with van der Waals surface area (Å²) < 4.78 is 21.8. The number of para-hydroxylation sites is 1. The molecule has 1 N–H and O–H groups in total. The largest absolute Gasteiger partial charge is 0.493 e. The van der Waals surface area contributed by atoms with Crippen molar-refractivity contribution in [3.05, 3.63) is 59.2 Å². The van der Waals surface area contributed by atoms with Crippen molar-refractivity contribution in [1.82, 2.24) is 5.32 Å². The fourth-order valence-corrected chi connectivity index (χ4v) is 5.02. The van der Waals surface area contributed by atoms with E-state index in [9.17, 15) is 9.59 Å². The first-order valence-corrected chi connectivity index (χ1v) is 14.0. The van der Waals surface area contributed by atoms with Gasteiger partial charge in [-0.15, -0.1) is 0 Å². The van der Waals surface area contributed by atoms with Gasteiger partial charge >= 0.3 is 5.97 Å². The van der Waals surface area contributed by atoms with E-state index in [2.05, 4.69) is 36.2 Å². The Labute approximate surface area is 233 Å². The molecule has 0 radical (unpaired) electrons. The molecule has 0 aliphatic carbocycles. The van der Waals surface area contributed by atoms with E-state index in [0.717, 1.165) is 49.2 Å². The van der Waals surface area contributed by atoms with Crippen LogP contribution in [0.4, 0.5) is 5.69 Å². The van der Waals surface area contributed by atoms with Gasteiger partial charge in [0.15, 0.2) is 0 Å². The molecule has 1 amide bonds. The number of esters is 1. The smallest absolute Gasteiger partial charge is 0.341 e. The molecular formula is C31H44N2O6. The Morgan fingerprint density at radius 2 is 1.90 bits per heavy atom. The Hall–Kier alpha value is -3.10. The van der Waals surface area contributed by atoms with Crippen molar-refractivity contribution in [1.29, 1.82) is 0 Å². The lowest BCUT2D eigenvalue weighted by Gasteiger charge is -2.36. The van der Waals surface area contributed by atoms with Gasteiger partial charge < -0.3 is 29.2 Å². The molecule has 8 heteroatoms. The van der Waals surface area contributed by atoms with Crippen LogP contribution >= 0.6 is 0 Å². The van der Waals surface area contributed by atoms with Gasteiger partial charge in [-0.3, -0.25) is 4.79 Å². The third-order valence-electron chi connectivity index (χ3n) is 6.70. The Bertz CT molecular complexity index is 1070. The molecule has 2 aromatic carbocycles. The first-order chi connectivity index (χ1) is 18.9. The van der Waals surface area contributed by atoms with E-state index in [1.165, 1.54) is 0 Å². The van der Waals surface area contributed by atoms with Crippen molar-refractivity contribution in [2.75, 3.05) is 45.1 Å². The minimum Gasteiger partial charge on any atom is -0.493 e. The van der Waals surface area contributed by atoms with Gasteiger partial charge in [0.25, 0.3) is 0 Å². The van der Waals surface area contributed by atoms with Crippen molar-refractivity contribution < 1.29 is 28.5 Å². The van der Waals surface area contributed by atoms with Gasteiger partial charge in [-0.1, -0.05) is 38.1 Å². The summed E-state index contributed by atoms with van der Waals surface area (Å²) in [4.78, 5) is 28.0. The number of hydrogen-bond donors (Lipinski definition) is 1. The summed E-state index contributed by atoms with van der Waals surface area (Å²) >= 11 is 0. The number of nitrogens with one attached hydrogen (secondary N) is 1. The van der Waals surface area contributed by atoms with Gasteiger partial charge in [0.2, 0.25) is 5.91 Å². The van der Waals surface area contributed by atoms with E-state index in [0.29, 0.717) is 23.8 Å². The lowest BCUT2D eigenvalue weighted by Crippen LogP contribution is -2.41. The average Bonchev–Trinajstić information content (AvgIpc) is 2.92. The van der Waals surface area contributed by atoms with Crippen LogP contribution in [0.2, 0.25) is 0 Å². The molecule has 1 heterocycles. The summed E-state index contributed by atoms with van der Waals surface area (Å²) in [5.41, 5.74) is 3.38. The SMILES string of the molecule is CCOC(=O)c1ccc(CC(=O)N[C@@H](CC(C)C)c2ccccc2N2CCC[C@H](OCOC)C2)cc1OCC. The first kappa shape index (κ1) is 30.4. The molecule has 2 aromatic rings. The van der Waals surface area contributed by atoms with Crippen LogP contribution in [0.25, 0.3) is 0 Å². The van der Waals surface area contributed by atoms with Crippen molar-refractivity contribution >= 4 is 17.6 Å². The minimum atomic E-state index is -0.432. The quantitative estimate of drug-likeness (QED) is 0.257. The number of amides is 1. The number of nitrogens with zero attached hydrogens (tertiary/aromatic N) is 1. The number of rotatable bonds is 14. The molecule has 1 fully saturated rings. The highest BCUT2D eigenvalue weighted by Crippen LogP contribution is 2.33. The van der Waals surface area contributed by atoms with Crippen LogP contribution in [0, 0.1) is 5.92 Å². The molecule has 1 aliphatic heterocycles. The molecule has 0 unspecified atom stereocenters. The summed E-state index contributed by atoms with van der Waals surface area (Å²) in [6, 6.07) is 13.4. The molecular weight excluding hydrogens is 496 g/mol. The normalized spacial score (nSPS) is 16.2. The minimum absolute atomic E-state index is 0.0817. The second-order valence-corrected chi connectivity index (χ2v) is 10.3. The highest BCUT2D eigenvalue weighted by atomic mass is 16.7. The van der Waals surface area contributed by atoms with Gasteiger partial charge in [0.1, 0.15) is 18.1 Å². The summed E-state index contributed by atoms with van der Waals surface area (Å²) in [5.74, 6) is 0.302. The van der Waals surface area contributed by atoms with E-state index in [-0.39, 0.29) is 37.9 Å². The zero-order valence-electron chi connectivity index (χ0n) is 24.0. The van der Waals surface area contributed by atoms with Crippen LogP contribution in [-0.4, -0.2) is 58.2 Å². The number of hydrogen-bond acceptors (Lipinski definition) is 7. The molecule has 0 bridgehead atoms. The van der Waals surface area contributed by atoms with Crippen LogP contribution in [0.15, 0.2) is 42.5 Å². The van der Waals surface area contributed by atoms with E-state index < -0.39 is 5.97 Å². The number of carbonyl (C=O) groups excluding carboxylic acids is 2. The second kappa shape index (κ2) is 15.5. The van der Waals surface area contributed by atoms with Gasteiger partial charge in [0, 0.05) is 25.9 Å². The number of benzene rings is 2. The van der Waals surface area contributed by atoms with Crippen molar-refractivity contribution in [3.63, 3.8) is 0 Å². The number of ether oxygens (including phenoxy) is 4. The number of methoxy groups -OCH3 is 1. The predicted molar refractivity (Wildman–Crippen MR) is 152 cm³/mol. The van der Waals surface area contributed by atoms with E-state index in [1.54, 1.807) is 32.2 Å². The summed E-state index contributed by atoms with van der Waals surface area (Å²) in [6.07, 6.45) is 3.14. The summed E-state index contributed by atoms with van der Waals surface area (Å²) in [5, 5.41) is 3.30. The third kappa shape index (κ3) is 8.97. The lowest BCUT2D eigenvalue weighted by molar-refractivity contribution is -0.121. The lowest BCUT2D eigenvalue weighted by atomic mass is 9.94. The van der Waals surface area contributed by atoms with E-state index in [1.807, 2.05) is 19.1 Å². The topological polar surface area (TPSA) is 86.3 Å². The fraction of sp³-hybridized carbons (Fsp3) is 0.548. The van der Waals surface area contributed by atoms with Gasteiger partial charge in [-0.2, -0.15) is 0 Å². The standard InChI is InChI=1S/C31H44N2O6/c1-6-37-29-18-23(14-15-26(29)31(35)38-7-2)19-30(34)32-27(17-22(3)4)25-12-8-9-13-28(25)33-16-10-11-24(20-33)39-21-36-5/h8-9,12-15,18,22,24,27H,6-7,10-11,16-17,19-21H2,1-5H3,(H,32,34)/t24-,27-/m0/s1. The molecule has 39 heavy (non-hydrogen) atoms. The van der Waals surface area contributed by atoms with Crippen LogP contribution in [0.1, 0.15) is 74.5 Å². The first-order valence-electron chi connectivity index (χ1n) is 14.0. The molecule has 1 aliphatic rings. The van der Waals surface area contributed by atoms with Gasteiger partial charge in [-0.25, -0.2) is 4.79 Å². The molecule has 3 rings (SSSR count). The van der Waals surface area contributed by atoms with E-state index >= 15 is 0 Å². The molecule has 8 nitrogen and oxygen atoms in total. The molecule has 0 spiro atoms. The predicted octanol–water partition coefficient (Wildman–Crippen LogP) is 5.30. The molecule has 0 saturated carbocycles. The van der Waals surface area contributed by atoms with E-state index in [4.69, 9.17) is 18.9 Å². The summed E-state index contributed by atoms with van der Waals surface area (Å²) in [6.45, 7) is 10.7. The highest BCUT2D eigenvalue weighted by Gasteiger charge is 2.26. The maximum atomic E-state index is 13.3. The Kier molecular flexibility index (Phi) is 12.1. The van der Waals surface area contributed by atoms with Crippen molar-refractivity contribution in [2.24, 2.45) is 5.92 Å². The molecule has 214 valence electrons. The second-order valence-electron chi connectivity index (χ2n) is 10.3. The van der Waals surface area contributed by atoms with Gasteiger partial charge in [-0.05, 0) is 68.4 Å². The number of piperidine rings is 1. The maximum Gasteiger partial charge on any atom is 0.341 e. The number of carbonyl (C=O) groups is 2. The molecule has 1 saturated heterocycles. The molecule has 0 aromatic heterocycles. The Morgan fingerprint density at radius 1 is 1.10 bits per heavy atom. The van der Waals surface area contributed by atoms with Crippen LogP contribution < -0.4 is 15.0 Å². The van der Waals surface area contributed by atoms with Gasteiger partial charge in [0.05, 0.1) is 31.8 Å². The van der Waals surface area contributed by atoms with Crippen LogP contribution in [0.5, 0.6) is 5.75 Å². The van der Waals surface area contributed by atoms with Crippen molar-refractivity contribution in [3.8, 4) is 5.75 Å². The Balaban J connectivity index is 1.79. The zero-order valence-corrected chi connectivity index (χ0v) is 24.0. The zero-order chi connectivity index (χ0) is 28.2. The Morgan fingerprint density at radius 3 is 2.62 bits per heavy atom. The van der Waals surface area contributed by atoms with Crippen LogP contribution in [-0.2, 0) is 25.4 Å². The van der Waals surface area contributed by atoms with Crippen molar-refractivity contribution in [2.45, 2.75) is 65.5 Å². The monoisotopic (exact) mass is 540 g/mol. The fourth-order valence-electron chi connectivity index (χ4n) is 5.02. The number of anilines is 1. The highest BCUT2D eigenvalue weighted by molar-refractivity contribution is 5.93.